The third-order valence-corrected chi connectivity index (χ3v) is 3.21. The Bertz CT molecular complexity index is 658. The molecule has 0 atom stereocenters. The smallest absolute Gasteiger partial charge is 0.392 e. The molecule has 0 spiro atoms. The number of nitrogens with zero attached hydrogens (tertiary/aromatic N) is 1. The van der Waals surface area contributed by atoms with E-state index in [0.29, 0.717) is 12.4 Å². The van der Waals surface area contributed by atoms with Crippen LogP contribution in [0, 0.1) is 6.92 Å². The summed E-state index contributed by atoms with van der Waals surface area (Å²) in [6.07, 6.45) is -5.24. The van der Waals surface area contributed by atoms with Crippen LogP contribution in [-0.4, -0.2) is 24.9 Å². The lowest BCUT2D eigenvalue weighted by Gasteiger charge is -2.11. The van der Waals surface area contributed by atoms with Gasteiger partial charge in [-0.1, -0.05) is 12.1 Å². The Labute approximate surface area is 138 Å². The third kappa shape index (κ3) is 5.98. The van der Waals surface area contributed by atoms with E-state index in [9.17, 15) is 13.2 Å². The number of alkyl halides is 3. The maximum absolute atomic E-state index is 12.2. The van der Waals surface area contributed by atoms with Crippen LogP contribution in [-0.2, 0) is 6.54 Å². The highest BCUT2D eigenvalue weighted by molar-refractivity contribution is 5.42. The Balaban J connectivity index is 1.94. The molecular weight excluding hydrogens is 321 g/mol. The maximum atomic E-state index is 12.2. The normalized spacial score (nSPS) is 11.2. The largest absolute Gasteiger partial charge is 0.497 e. The minimum Gasteiger partial charge on any atom is -0.497 e. The first kappa shape index (κ1) is 17.9. The molecule has 0 saturated carbocycles. The Kier molecular flexibility index (Phi) is 5.89. The number of benzene rings is 1. The van der Waals surface area contributed by atoms with Crippen LogP contribution in [0.3, 0.4) is 0 Å². The monoisotopic (exact) mass is 340 g/mol. The molecule has 7 heteroatoms. The molecule has 1 N–H and O–H groups in total. The van der Waals surface area contributed by atoms with Gasteiger partial charge in [0.2, 0.25) is 5.88 Å². The zero-order valence-electron chi connectivity index (χ0n) is 13.5. The van der Waals surface area contributed by atoms with Gasteiger partial charge in [-0.25, -0.2) is 0 Å². The van der Waals surface area contributed by atoms with Crippen molar-refractivity contribution in [3.63, 3.8) is 0 Å². The lowest BCUT2D eigenvalue weighted by molar-refractivity contribution is -0.139. The van der Waals surface area contributed by atoms with E-state index in [2.05, 4.69) is 10.3 Å². The molecule has 0 unspecified atom stereocenters. The maximum Gasteiger partial charge on any atom is 0.392 e. The molecule has 1 heterocycles. The number of aryl methyl sites for hydroxylation is 1. The minimum absolute atomic E-state index is 0.177. The molecule has 0 aliphatic heterocycles. The van der Waals surface area contributed by atoms with Gasteiger partial charge in [-0.15, -0.1) is 0 Å². The van der Waals surface area contributed by atoms with Crippen LogP contribution in [0.1, 0.15) is 17.5 Å². The van der Waals surface area contributed by atoms with Gasteiger partial charge in [0.1, 0.15) is 11.6 Å². The second-order valence-corrected chi connectivity index (χ2v) is 5.28. The molecule has 0 aliphatic rings. The minimum atomic E-state index is -4.24. The molecule has 2 aromatic rings. The van der Waals surface area contributed by atoms with E-state index in [1.54, 1.807) is 19.2 Å². The van der Waals surface area contributed by atoms with Crippen molar-refractivity contribution in [2.75, 3.05) is 19.0 Å². The van der Waals surface area contributed by atoms with Crippen LogP contribution in [0.5, 0.6) is 11.6 Å². The Morgan fingerprint density at radius 1 is 1.12 bits per heavy atom. The molecule has 0 saturated heterocycles. The van der Waals surface area contributed by atoms with Crippen molar-refractivity contribution >= 4 is 5.82 Å². The summed E-state index contributed by atoms with van der Waals surface area (Å²) < 4.78 is 46.7. The molecule has 0 amide bonds. The number of methoxy groups -OCH3 is 1. The summed E-state index contributed by atoms with van der Waals surface area (Å²) in [6, 6.07) is 11.0. The lowest BCUT2D eigenvalue weighted by Crippen LogP contribution is -2.13. The fraction of sp³-hybridized carbons (Fsp3) is 0.353. The average molecular weight is 340 g/mol. The number of ether oxygens (including phenoxy) is 2. The number of aromatic nitrogens is 1. The average Bonchev–Trinajstić information content (AvgIpc) is 2.52. The number of rotatable bonds is 7. The first-order valence-electron chi connectivity index (χ1n) is 7.41. The fourth-order valence-corrected chi connectivity index (χ4v) is 2.01. The first-order valence-corrected chi connectivity index (χ1v) is 7.41. The topological polar surface area (TPSA) is 43.4 Å². The third-order valence-electron chi connectivity index (χ3n) is 3.21. The molecule has 0 aliphatic carbocycles. The second-order valence-electron chi connectivity index (χ2n) is 5.28. The zero-order chi connectivity index (χ0) is 17.6. The summed E-state index contributed by atoms with van der Waals surface area (Å²) >= 11 is 0. The van der Waals surface area contributed by atoms with Crippen molar-refractivity contribution in [2.45, 2.75) is 26.1 Å². The van der Waals surface area contributed by atoms with Gasteiger partial charge < -0.3 is 14.8 Å². The number of hydrogen-bond acceptors (Lipinski definition) is 4. The van der Waals surface area contributed by atoms with Gasteiger partial charge in [0, 0.05) is 12.6 Å². The van der Waals surface area contributed by atoms with E-state index < -0.39 is 19.2 Å². The van der Waals surface area contributed by atoms with Crippen molar-refractivity contribution in [3.8, 4) is 11.6 Å². The molecule has 24 heavy (non-hydrogen) atoms. The van der Waals surface area contributed by atoms with Crippen LogP contribution >= 0.6 is 0 Å². The predicted octanol–water partition coefficient (Wildman–Crippen LogP) is 4.34. The molecule has 1 aromatic heterocycles. The molecule has 4 nitrogen and oxygen atoms in total. The van der Waals surface area contributed by atoms with Gasteiger partial charge in [-0.2, -0.15) is 18.2 Å². The van der Waals surface area contributed by atoms with Crippen LogP contribution in [0.15, 0.2) is 36.4 Å². The number of halogens is 3. The summed E-state index contributed by atoms with van der Waals surface area (Å²) in [4.78, 5) is 4.18. The SMILES string of the molecule is COc1ccc(CNc2cc(C)cc(OCCC(F)(F)F)n2)cc1. The van der Waals surface area contributed by atoms with E-state index >= 15 is 0 Å². The van der Waals surface area contributed by atoms with Gasteiger partial charge in [-0.05, 0) is 36.2 Å². The highest BCUT2D eigenvalue weighted by Crippen LogP contribution is 2.21. The predicted molar refractivity (Wildman–Crippen MR) is 85.5 cm³/mol. The molecule has 0 fully saturated rings. The lowest BCUT2D eigenvalue weighted by atomic mass is 10.2. The highest BCUT2D eigenvalue weighted by Gasteiger charge is 2.26. The van der Waals surface area contributed by atoms with Crippen molar-refractivity contribution in [1.29, 1.82) is 0 Å². The van der Waals surface area contributed by atoms with Crippen molar-refractivity contribution in [3.05, 3.63) is 47.5 Å². The summed E-state index contributed by atoms with van der Waals surface area (Å²) in [7, 11) is 1.60. The number of pyridine rings is 1. The van der Waals surface area contributed by atoms with Gasteiger partial charge in [0.15, 0.2) is 0 Å². The highest BCUT2D eigenvalue weighted by atomic mass is 19.4. The molecular formula is C17H19F3N2O2. The van der Waals surface area contributed by atoms with E-state index in [0.717, 1.165) is 16.9 Å². The molecule has 0 radical (unpaired) electrons. The van der Waals surface area contributed by atoms with Gasteiger partial charge >= 0.3 is 6.18 Å². The van der Waals surface area contributed by atoms with Crippen LogP contribution in [0.2, 0.25) is 0 Å². The Morgan fingerprint density at radius 3 is 2.46 bits per heavy atom. The zero-order valence-corrected chi connectivity index (χ0v) is 13.5. The molecule has 2 rings (SSSR count). The van der Waals surface area contributed by atoms with Crippen LogP contribution in [0.25, 0.3) is 0 Å². The standard InChI is InChI=1S/C17H19F3N2O2/c1-12-9-15(21-11-13-3-5-14(23-2)6-4-13)22-16(10-12)24-8-7-17(18,19)20/h3-6,9-10H,7-8,11H2,1-2H3,(H,21,22). The number of anilines is 1. The van der Waals surface area contributed by atoms with E-state index in [1.165, 1.54) is 0 Å². The van der Waals surface area contributed by atoms with E-state index in [1.807, 2.05) is 31.2 Å². The Morgan fingerprint density at radius 2 is 1.83 bits per heavy atom. The summed E-state index contributed by atoms with van der Waals surface area (Å²) in [6.45, 7) is 1.91. The van der Waals surface area contributed by atoms with Gasteiger partial charge in [0.05, 0.1) is 20.1 Å². The van der Waals surface area contributed by atoms with Crippen LogP contribution in [0.4, 0.5) is 19.0 Å². The summed E-state index contributed by atoms with van der Waals surface area (Å²) in [5, 5.41) is 3.13. The number of hydrogen-bond donors (Lipinski definition) is 1. The summed E-state index contributed by atoms with van der Waals surface area (Å²) in [5.74, 6) is 1.50. The quantitative estimate of drug-likeness (QED) is 0.814. The van der Waals surface area contributed by atoms with E-state index in [4.69, 9.17) is 9.47 Å². The second kappa shape index (κ2) is 7.90. The van der Waals surface area contributed by atoms with Gasteiger partial charge in [-0.3, -0.25) is 0 Å². The van der Waals surface area contributed by atoms with E-state index in [-0.39, 0.29) is 5.88 Å². The van der Waals surface area contributed by atoms with Crippen molar-refractivity contribution in [2.24, 2.45) is 0 Å². The molecule has 0 bridgehead atoms. The Hall–Kier alpha value is -2.44. The number of nitrogens with one attached hydrogen (secondary N) is 1. The summed E-state index contributed by atoms with van der Waals surface area (Å²) in [5.41, 5.74) is 1.88. The molecule has 130 valence electrons. The van der Waals surface area contributed by atoms with Crippen LogP contribution < -0.4 is 14.8 Å². The van der Waals surface area contributed by atoms with Gasteiger partial charge in [0.25, 0.3) is 0 Å². The molecule has 1 aromatic carbocycles. The van der Waals surface area contributed by atoms with Crippen molar-refractivity contribution in [1.82, 2.24) is 4.98 Å². The first-order chi connectivity index (χ1) is 11.4. The van der Waals surface area contributed by atoms with Crippen molar-refractivity contribution < 1.29 is 22.6 Å². The fourth-order valence-electron chi connectivity index (χ4n) is 2.01.